The van der Waals surface area contributed by atoms with E-state index < -0.39 is 9.84 Å². The van der Waals surface area contributed by atoms with Gasteiger partial charge in [0.25, 0.3) is 0 Å². The van der Waals surface area contributed by atoms with Gasteiger partial charge in [-0.1, -0.05) is 26.7 Å². The summed E-state index contributed by atoms with van der Waals surface area (Å²) in [5.41, 5.74) is 0. The van der Waals surface area contributed by atoms with Crippen molar-refractivity contribution in [3.05, 3.63) is 0 Å². The van der Waals surface area contributed by atoms with Crippen LogP contribution >= 0.6 is 0 Å². The maximum absolute atomic E-state index is 12.0. The molecule has 0 amide bonds. The number of ketones is 1. The predicted molar refractivity (Wildman–Crippen MR) is 78.9 cm³/mol. The predicted octanol–water partition coefficient (Wildman–Crippen LogP) is 3.38. The van der Waals surface area contributed by atoms with Gasteiger partial charge in [-0.05, 0) is 38.0 Å². The maximum atomic E-state index is 12.0. The molecule has 112 valence electrons. The summed E-state index contributed by atoms with van der Waals surface area (Å²) in [7, 11) is -2.91. The molecule has 1 rings (SSSR count). The fourth-order valence-corrected chi connectivity index (χ4v) is 3.87. The van der Waals surface area contributed by atoms with Gasteiger partial charge in [0.1, 0.15) is 15.6 Å². The van der Waals surface area contributed by atoms with E-state index in [-0.39, 0.29) is 17.4 Å². The Labute approximate surface area is 118 Å². The number of Topliss-reactive ketones (excluding diaryl/α,β-unsaturated/α-hetero) is 1. The first-order valence-electron chi connectivity index (χ1n) is 7.71. The summed E-state index contributed by atoms with van der Waals surface area (Å²) in [4.78, 5) is 12.0. The molecule has 0 bridgehead atoms. The summed E-state index contributed by atoms with van der Waals surface area (Å²) in [6, 6.07) is 0. The molecule has 0 saturated heterocycles. The van der Waals surface area contributed by atoms with Crippen LogP contribution < -0.4 is 0 Å². The Bertz CT molecular complexity index is 365. The molecule has 1 saturated carbocycles. The molecule has 0 N–H and O–H groups in total. The molecule has 19 heavy (non-hydrogen) atoms. The van der Waals surface area contributed by atoms with Crippen LogP contribution in [0.1, 0.15) is 65.2 Å². The SMILES string of the molecule is CCCC1CCC(C(=O)CCCS(=O)(=O)CC)CC1. The summed E-state index contributed by atoms with van der Waals surface area (Å²) in [6.07, 6.45) is 7.86. The van der Waals surface area contributed by atoms with Crippen LogP contribution in [0.3, 0.4) is 0 Å². The van der Waals surface area contributed by atoms with Crippen molar-refractivity contribution in [2.45, 2.75) is 65.2 Å². The van der Waals surface area contributed by atoms with Gasteiger partial charge in [0.05, 0.1) is 5.75 Å². The maximum Gasteiger partial charge on any atom is 0.150 e. The van der Waals surface area contributed by atoms with E-state index in [1.54, 1.807) is 6.92 Å². The second-order valence-electron chi connectivity index (χ2n) is 5.81. The summed E-state index contributed by atoms with van der Waals surface area (Å²) in [6.45, 7) is 3.87. The van der Waals surface area contributed by atoms with Gasteiger partial charge >= 0.3 is 0 Å². The largest absolute Gasteiger partial charge is 0.299 e. The van der Waals surface area contributed by atoms with Gasteiger partial charge in [-0.2, -0.15) is 0 Å². The van der Waals surface area contributed by atoms with E-state index >= 15 is 0 Å². The molecule has 4 heteroatoms. The quantitative estimate of drug-likeness (QED) is 0.688. The standard InChI is InChI=1S/C15H28O3S/c1-3-6-13-8-10-14(11-9-13)15(16)7-5-12-19(17,18)4-2/h13-14H,3-12H2,1-2H3. The summed E-state index contributed by atoms with van der Waals surface area (Å²) in [5.74, 6) is 1.66. The second-order valence-corrected chi connectivity index (χ2v) is 8.29. The minimum atomic E-state index is -2.91. The third-order valence-corrected chi connectivity index (χ3v) is 6.11. The number of carbonyl (C=O) groups is 1. The van der Waals surface area contributed by atoms with E-state index in [1.807, 2.05) is 0 Å². The zero-order valence-electron chi connectivity index (χ0n) is 12.4. The average Bonchev–Trinajstić information content (AvgIpc) is 2.39. The number of rotatable bonds is 8. The van der Waals surface area contributed by atoms with Gasteiger partial charge in [-0.3, -0.25) is 4.79 Å². The van der Waals surface area contributed by atoms with E-state index in [0.717, 1.165) is 18.8 Å². The topological polar surface area (TPSA) is 51.2 Å². The highest BCUT2D eigenvalue weighted by atomic mass is 32.2. The number of hydrogen-bond donors (Lipinski definition) is 0. The molecule has 0 heterocycles. The molecular weight excluding hydrogens is 260 g/mol. The highest BCUT2D eigenvalue weighted by molar-refractivity contribution is 7.91. The van der Waals surface area contributed by atoms with Gasteiger partial charge in [0.15, 0.2) is 0 Å². The molecule has 0 aromatic heterocycles. The van der Waals surface area contributed by atoms with Crippen LogP contribution in [0.2, 0.25) is 0 Å². The molecule has 0 radical (unpaired) electrons. The van der Waals surface area contributed by atoms with E-state index in [4.69, 9.17) is 0 Å². The fraction of sp³-hybridized carbons (Fsp3) is 0.933. The van der Waals surface area contributed by atoms with Crippen molar-refractivity contribution in [1.29, 1.82) is 0 Å². The summed E-state index contributed by atoms with van der Waals surface area (Å²) < 4.78 is 22.7. The molecule has 1 fully saturated rings. The molecule has 1 aliphatic carbocycles. The van der Waals surface area contributed by atoms with Crippen molar-refractivity contribution < 1.29 is 13.2 Å². The number of sulfone groups is 1. The van der Waals surface area contributed by atoms with Crippen LogP contribution in [-0.2, 0) is 14.6 Å². The molecule has 0 aliphatic heterocycles. The van der Waals surface area contributed by atoms with Gasteiger partial charge < -0.3 is 0 Å². The van der Waals surface area contributed by atoms with E-state index in [9.17, 15) is 13.2 Å². The lowest BCUT2D eigenvalue weighted by molar-refractivity contribution is -0.124. The minimum absolute atomic E-state index is 0.167. The Kier molecular flexibility index (Phi) is 7.05. The second kappa shape index (κ2) is 8.03. The van der Waals surface area contributed by atoms with Crippen LogP contribution in [0.5, 0.6) is 0 Å². The third kappa shape index (κ3) is 6.07. The highest BCUT2D eigenvalue weighted by Crippen LogP contribution is 2.32. The van der Waals surface area contributed by atoms with Gasteiger partial charge in [-0.15, -0.1) is 0 Å². The summed E-state index contributed by atoms with van der Waals surface area (Å²) >= 11 is 0. The number of hydrogen-bond acceptors (Lipinski definition) is 3. The third-order valence-electron chi connectivity index (χ3n) is 4.32. The molecule has 0 spiro atoms. The Morgan fingerprint density at radius 2 is 1.74 bits per heavy atom. The van der Waals surface area contributed by atoms with E-state index in [1.165, 1.54) is 25.7 Å². The van der Waals surface area contributed by atoms with E-state index in [2.05, 4.69) is 6.92 Å². The zero-order chi connectivity index (χ0) is 14.3. The van der Waals surface area contributed by atoms with Crippen LogP contribution in [-0.4, -0.2) is 25.7 Å². The van der Waals surface area contributed by atoms with Crippen molar-refractivity contribution in [1.82, 2.24) is 0 Å². The Hall–Kier alpha value is -0.380. The van der Waals surface area contributed by atoms with Crippen molar-refractivity contribution in [2.75, 3.05) is 11.5 Å². The van der Waals surface area contributed by atoms with Crippen molar-refractivity contribution in [2.24, 2.45) is 11.8 Å². The van der Waals surface area contributed by atoms with Crippen LogP contribution in [0, 0.1) is 11.8 Å². The summed E-state index contributed by atoms with van der Waals surface area (Å²) in [5, 5.41) is 0. The molecule has 0 unspecified atom stereocenters. The Balaban J connectivity index is 2.24. The monoisotopic (exact) mass is 288 g/mol. The average molecular weight is 288 g/mol. The van der Waals surface area contributed by atoms with Gasteiger partial charge in [0.2, 0.25) is 0 Å². The minimum Gasteiger partial charge on any atom is -0.299 e. The molecule has 1 aliphatic rings. The van der Waals surface area contributed by atoms with Gasteiger partial charge in [0, 0.05) is 18.1 Å². The lowest BCUT2D eigenvalue weighted by Gasteiger charge is -2.27. The van der Waals surface area contributed by atoms with Gasteiger partial charge in [-0.25, -0.2) is 8.42 Å². The van der Waals surface area contributed by atoms with Crippen LogP contribution in [0.15, 0.2) is 0 Å². The first-order valence-corrected chi connectivity index (χ1v) is 9.53. The number of carbonyl (C=O) groups excluding carboxylic acids is 1. The van der Waals surface area contributed by atoms with Crippen molar-refractivity contribution in [3.8, 4) is 0 Å². The van der Waals surface area contributed by atoms with Crippen LogP contribution in [0.25, 0.3) is 0 Å². The first kappa shape index (κ1) is 16.7. The van der Waals surface area contributed by atoms with E-state index in [0.29, 0.717) is 18.6 Å². The normalized spacial score (nSPS) is 24.3. The molecular formula is C15H28O3S. The molecule has 0 aromatic carbocycles. The Morgan fingerprint density at radius 1 is 1.11 bits per heavy atom. The molecule has 0 aromatic rings. The Morgan fingerprint density at radius 3 is 2.26 bits per heavy atom. The molecule has 3 nitrogen and oxygen atoms in total. The lowest BCUT2D eigenvalue weighted by atomic mass is 9.78. The molecule has 0 atom stereocenters. The lowest BCUT2D eigenvalue weighted by Crippen LogP contribution is -2.22. The van der Waals surface area contributed by atoms with Crippen molar-refractivity contribution in [3.63, 3.8) is 0 Å². The van der Waals surface area contributed by atoms with Crippen molar-refractivity contribution >= 4 is 15.6 Å². The fourth-order valence-electron chi connectivity index (χ4n) is 3.00. The van der Waals surface area contributed by atoms with Crippen LogP contribution in [0.4, 0.5) is 0 Å². The smallest absolute Gasteiger partial charge is 0.150 e. The highest BCUT2D eigenvalue weighted by Gasteiger charge is 2.25. The first-order chi connectivity index (χ1) is 8.98. The zero-order valence-corrected chi connectivity index (χ0v) is 13.2.